The van der Waals surface area contributed by atoms with Gasteiger partial charge >= 0.3 is 11.9 Å². The Kier molecular flexibility index (Phi) is 6.20. The zero-order valence-electron chi connectivity index (χ0n) is 18.0. The first kappa shape index (κ1) is 22.5. The average molecular weight is 428 g/mol. The van der Waals surface area contributed by atoms with E-state index in [4.69, 9.17) is 0 Å². The lowest BCUT2D eigenvalue weighted by Crippen LogP contribution is -2.49. The van der Waals surface area contributed by atoms with Gasteiger partial charge in [-0.05, 0) is 30.7 Å². The molecule has 8 nitrogen and oxygen atoms in total. The first-order valence-corrected chi connectivity index (χ1v) is 10.4. The summed E-state index contributed by atoms with van der Waals surface area (Å²) in [5, 5.41) is 21.9. The molecular formula is C23H29N3O5. The van der Waals surface area contributed by atoms with Gasteiger partial charge in [0.05, 0.1) is 17.4 Å². The smallest absolute Gasteiger partial charge is 0.326 e. The van der Waals surface area contributed by atoms with Gasteiger partial charge in [0.25, 0.3) is 0 Å². The SMILES string of the molecule is CC1(C(=O)O)CCC(C(=O)N[C@@H](Cc2cn(Cc3ccccc3)cn2)C(=O)O)C1(C)C. The molecular weight excluding hydrogens is 398 g/mol. The van der Waals surface area contributed by atoms with Crippen molar-refractivity contribution in [3.05, 3.63) is 54.1 Å². The molecule has 1 amide bonds. The maximum atomic E-state index is 12.9. The number of aliphatic carboxylic acids is 2. The van der Waals surface area contributed by atoms with E-state index in [9.17, 15) is 24.6 Å². The van der Waals surface area contributed by atoms with Crippen LogP contribution in [0.25, 0.3) is 0 Å². The fourth-order valence-corrected chi connectivity index (χ4v) is 4.42. The molecule has 166 valence electrons. The molecule has 3 N–H and O–H groups in total. The van der Waals surface area contributed by atoms with Crippen LogP contribution in [0.1, 0.15) is 44.9 Å². The van der Waals surface area contributed by atoms with E-state index in [-0.39, 0.29) is 6.42 Å². The molecule has 0 bridgehead atoms. The minimum Gasteiger partial charge on any atom is -0.481 e. The third kappa shape index (κ3) is 4.47. The highest BCUT2D eigenvalue weighted by Crippen LogP contribution is 2.56. The minimum atomic E-state index is -1.15. The van der Waals surface area contributed by atoms with Gasteiger partial charge in [0.2, 0.25) is 5.91 Å². The molecule has 8 heteroatoms. The highest BCUT2D eigenvalue weighted by Gasteiger charge is 2.58. The van der Waals surface area contributed by atoms with E-state index >= 15 is 0 Å². The zero-order chi connectivity index (χ0) is 22.8. The summed E-state index contributed by atoms with van der Waals surface area (Å²) in [5.41, 5.74) is -0.183. The third-order valence-corrected chi connectivity index (χ3v) is 6.94. The predicted octanol–water partition coefficient (Wildman–Crippen LogP) is 2.57. The Morgan fingerprint density at radius 3 is 2.45 bits per heavy atom. The molecule has 2 aromatic rings. The summed E-state index contributed by atoms with van der Waals surface area (Å²) in [4.78, 5) is 40.8. The molecule has 3 atom stereocenters. The molecule has 1 heterocycles. The quantitative estimate of drug-likeness (QED) is 0.595. The Balaban J connectivity index is 1.68. The molecule has 0 radical (unpaired) electrons. The Bertz CT molecular complexity index is 969. The van der Waals surface area contributed by atoms with Crippen LogP contribution in [-0.2, 0) is 27.3 Å². The van der Waals surface area contributed by atoms with Crippen molar-refractivity contribution in [2.45, 2.75) is 52.6 Å². The molecule has 1 aromatic heterocycles. The number of rotatable bonds is 8. The molecule has 2 unspecified atom stereocenters. The largest absolute Gasteiger partial charge is 0.481 e. The Labute approximate surface area is 181 Å². The monoisotopic (exact) mass is 427 g/mol. The van der Waals surface area contributed by atoms with Gasteiger partial charge in [-0.15, -0.1) is 0 Å². The Morgan fingerprint density at radius 2 is 1.87 bits per heavy atom. The predicted molar refractivity (Wildman–Crippen MR) is 113 cm³/mol. The summed E-state index contributed by atoms with van der Waals surface area (Å²) in [5.74, 6) is -3.09. The maximum absolute atomic E-state index is 12.9. The van der Waals surface area contributed by atoms with Crippen LogP contribution >= 0.6 is 0 Å². The summed E-state index contributed by atoms with van der Waals surface area (Å²) < 4.78 is 1.86. The molecule has 0 saturated heterocycles. The highest BCUT2D eigenvalue weighted by molar-refractivity contribution is 5.87. The topological polar surface area (TPSA) is 122 Å². The number of carbonyl (C=O) groups excluding carboxylic acids is 1. The maximum Gasteiger partial charge on any atom is 0.326 e. The van der Waals surface area contributed by atoms with Crippen molar-refractivity contribution < 1.29 is 24.6 Å². The first-order chi connectivity index (χ1) is 14.5. The van der Waals surface area contributed by atoms with Crippen molar-refractivity contribution >= 4 is 17.8 Å². The van der Waals surface area contributed by atoms with Crippen molar-refractivity contribution in [2.75, 3.05) is 0 Å². The number of imidazole rings is 1. The Hall–Kier alpha value is -3.16. The molecule has 1 fully saturated rings. The molecule has 31 heavy (non-hydrogen) atoms. The van der Waals surface area contributed by atoms with Crippen LogP contribution in [0, 0.1) is 16.7 Å². The fourth-order valence-electron chi connectivity index (χ4n) is 4.42. The minimum absolute atomic E-state index is 0.0478. The van der Waals surface area contributed by atoms with Gasteiger partial charge in [0.15, 0.2) is 0 Å². The molecule has 1 saturated carbocycles. The summed E-state index contributed by atoms with van der Waals surface area (Å²) in [6, 6.07) is 8.68. The molecule has 1 aliphatic carbocycles. The van der Waals surface area contributed by atoms with Crippen molar-refractivity contribution in [3.8, 4) is 0 Å². The van der Waals surface area contributed by atoms with Crippen LogP contribution in [0.5, 0.6) is 0 Å². The highest BCUT2D eigenvalue weighted by atomic mass is 16.4. The molecule has 0 aliphatic heterocycles. The van der Waals surface area contributed by atoms with E-state index in [1.165, 1.54) is 0 Å². The van der Waals surface area contributed by atoms with Gasteiger partial charge in [-0.2, -0.15) is 0 Å². The number of nitrogens with zero attached hydrogens (tertiary/aromatic N) is 2. The zero-order valence-corrected chi connectivity index (χ0v) is 18.0. The van der Waals surface area contributed by atoms with Crippen LogP contribution in [0.4, 0.5) is 0 Å². The van der Waals surface area contributed by atoms with Crippen LogP contribution in [-0.4, -0.2) is 43.7 Å². The number of benzene rings is 1. The average Bonchev–Trinajstić information content (AvgIpc) is 3.24. The lowest BCUT2D eigenvalue weighted by molar-refractivity contribution is -0.155. The van der Waals surface area contributed by atoms with E-state index in [1.807, 2.05) is 34.9 Å². The van der Waals surface area contributed by atoms with Crippen molar-refractivity contribution in [1.29, 1.82) is 0 Å². The van der Waals surface area contributed by atoms with E-state index in [0.717, 1.165) is 5.56 Å². The molecule has 1 aromatic carbocycles. The van der Waals surface area contributed by atoms with Gasteiger partial charge in [-0.25, -0.2) is 9.78 Å². The van der Waals surface area contributed by atoms with Crippen molar-refractivity contribution in [3.63, 3.8) is 0 Å². The van der Waals surface area contributed by atoms with E-state index in [1.54, 1.807) is 33.3 Å². The van der Waals surface area contributed by atoms with Crippen LogP contribution in [0.3, 0.4) is 0 Å². The van der Waals surface area contributed by atoms with Gasteiger partial charge in [-0.3, -0.25) is 9.59 Å². The Morgan fingerprint density at radius 1 is 1.19 bits per heavy atom. The molecule has 3 rings (SSSR count). The lowest BCUT2D eigenvalue weighted by Gasteiger charge is -2.38. The lowest BCUT2D eigenvalue weighted by atomic mass is 9.65. The normalized spacial score (nSPS) is 23.3. The van der Waals surface area contributed by atoms with Gasteiger partial charge in [-0.1, -0.05) is 44.2 Å². The molecule has 0 spiro atoms. The van der Waals surface area contributed by atoms with Crippen LogP contribution in [0.2, 0.25) is 0 Å². The number of aromatic nitrogens is 2. The van der Waals surface area contributed by atoms with E-state index in [2.05, 4.69) is 10.3 Å². The number of nitrogens with one attached hydrogen (secondary N) is 1. The second kappa shape index (κ2) is 8.53. The van der Waals surface area contributed by atoms with Gasteiger partial charge < -0.3 is 20.1 Å². The summed E-state index contributed by atoms with van der Waals surface area (Å²) in [6.45, 7) is 5.79. The standard InChI is InChI=1S/C23H29N3O5/c1-22(2)17(9-10-23(22,3)21(30)31)19(27)25-18(20(28)29)11-16-13-26(14-24-16)12-15-7-5-4-6-8-15/h4-8,13-14,17-18H,9-12H2,1-3H3,(H,25,27)(H,28,29)(H,30,31)/t17?,18-,23?/m0/s1. The van der Waals surface area contributed by atoms with Gasteiger partial charge in [0, 0.05) is 25.1 Å². The summed E-state index contributed by atoms with van der Waals surface area (Å²) >= 11 is 0. The number of carboxylic acid groups (broad SMARTS) is 2. The second-order valence-electron chi connectivity index (χ2n) is 9.08. The van der Waals surface area contributed by atoms with Crippen molar-refractivity contribution in [2.24, 2.45) is 16.7 Å². The summed E-state index contributed by atoms with van der Waals surface area (Å²) in [7, 11) is 0. The number of carboxylic acids is 2. The fraction of sp³-hybridized carbons (Fsp3) is 0.478. The summed E-state index contributed by atoms with van der Waals surface area (Å²) in [6.07, 6.45) is 4.23. The number of carbonyl (C=O) groups is 3. The first-order valence-electron chi connectivity index (χ1n) is 10.4. The number of hydrogen-bond acceptors (Lipinski definition) is 4. The second-order valence-corrected chi connectivity index (χ2v) is 9.08. The van der Waals surface area contributed by atoms with Crippen molar-refractivity contribution in [1.82, 2.24) is 14.9 Å². The van der Waals surface area contributed by atoms with E-state index < -0.39 is 40.6 Å². The van der Waals surface area contributed by atoms with Crippen LogP contribution < -0.4 is 5.32 Å². The number of amides is 1. The number of hydrogen-bond donors (Lipinski definition) is 3. The third-order valence-electron chi connectivity index (χ3n) is 6.94. The van der Waals surface area contributed by atoms with E-state index in [0.29, 0.717) is 25.1 Å². The molecule has 1 aliphatic rings. The van der Waals surface area contributed by atoms with Crippen LogP contribution in [0.15, 0.2) is 42.9 Å². The van der Waals surface area contributed by atoms with Gasteiger partial charge in [0.1, 0.15) is 6.04 Å².